The summed E-state index contributed by atoms with van der Waals surface area (Å²) in [7, 11) is 0. The Morgan fingerprint density at radius 2 is 1.41 bits per heavy atom. The molecule has 9 heteroatoms. The fourth-order valence-electron chi connectivity index (χ4n) is 1.73. The van der Waals surface area contributed by atoms with Crippen molar-refractivity contribution < 1.29 is 40.6 Å². The fraction of sp³-hybridized carbons (Fsp3) is 0.538. The van der Waals surface area contributed by atoms with Gasteiger partial charge in [0.1, 0.15) is 5.75 Å². The van der Waals surface area contributed by atoms with Crippen LogP contribution in [0.1, 0.15) is 25.0 Å². The van der Waals surface area contributed by atoms with Gasteiger partial charge in [-0.2, -0.15) is 26.3 Å². The van der Waals surface area contributed by atoms with Crippen LogP contribution in [0.5, 0.6) is 5.75 Å². The zero-order valence-corrected chi connectivity index (χ0v) is 11.3. The van der Waals surface area contributed by atoms with Crippen LogP contribution in [0.3, 0.4) is 0 Å². The van der Waals surface area contributed by atoms with Gasteiger partial charge in [-0.05, 0) is 24.6 Å². The Morgan fingerprint density at radius 1 is 0.955 bits per heavy atom. The zero-order chi connectivity index (χ0) is 17.2. The number of aliphatic hydroxyl groups is 1. The molecule has 1 aromatic carbocycles. The lowest BCUT2D eigenvalue weighted by atomic mass is 9.93. The number of aliphatic hydroxyl groups excluding tert-OH is 1. The van der Waals surface area contributed by atoms with E-state index in [9.17, 15) is 35.8 Å². The van der Waals surface area contributed by atoms with E-state index in [0.717, 1.165) is 12.1 Å². The third kappa shape index (κ3) is 3.82. The number of halogens is 7. The van der Waals surface area contributed by atoms with Crippen molar-refractivity contribution in [3.05, 3.63) is 29.8 Å². The third-order valence-electron chi connectivity index (χ3n) is 2.95. The first kappa shape index (κ1) is 18.5. The van der Waals surface area contributed by atoms with Crippen molar-refractivity contribution in [3.8, 4) is 5.75 Å². The maximum Gasteiger partial charge on any atom is 0.431 e. The second-order valence-electron chi connectivity index (χ2n) is 4.52. The van der Waals surface area contributed by atoms with Gasteiger partial charge in [0, 0.05) is 6.42 Å². The van der Waals surface area contributed by atoms with Gasteiger partial charge in [-0.15, -0.1) is 0 Å². The summed E-state index contributed by atoms with van der Waals surface area (Å²) in [6, 6.07) is 4.65. The summed E-state index contributed by atoms with van der Waals surface area (Å²) >= 11 is 0. The molecule has 0 aromatic heterocycles. The van der Waals surface area contributed by atoms with E-state index in [4.69, 9.17) is 4.74 Å². The second kappa shape index (κ2) is 6.31. The SMILES string of the molecule is CCOc1ccc(C(O)CC(F)(C(F)(F)F)C(F)(F)F)cc1. The number of hydrogen-bond donors (Lipinski definition) is 1. The molecule has 0 radical (unpaired) electrons. The molecule has 0 aliphatic heterocycles. The Hall–Kier alpha value is -1.51. The summed E-state index contributed by atoms with van der Waals surface area (Å²) in [5.74, 6) is 0.316. The molecule has 1 unspecified atom stereocenters. The molecule has 0 saturated carbocycles. The molecule has 0 spiro atoms. The normalized spacial score (nSPS) is 14.8. The van der Waals surface area contributed by atoms with Crippen molar-refractivity contribution in [1.82, 2.24) is 0 Å². The minimum Gasteiger partial charge on any atom is -0.494 e. The van der Waals surface area contributed by atoms with Crippen molar-refractivity contribution in [3.63, 3.8) is 0 Å². The average Bonchev–Trinajstić information content (AvgIpc) is 2.37. The first-order chi connectivity index (χ1) is 9.92. The molecule has 0 aliphatic rings. The molecule has 0 bridgehead atoms. The highest BCUT2D eigenvalue weighted by molar-refractivity contribution is 5.28. The minimum absolute atomic E-state index is 0.279. The summed E-state index contributed by atoms with van der Waals surface area (Å²) in [6.07, 6.45) is -16.8. The van der Waals surface area contributed by atoms with E-state index in [2.05, 4.69) is 0 Å². The molecular formula is C13H13F7O2. The van der Waals surface area contributed by atoms with Crippen molar-refractivity contribution in [2.24, 2.45) is 0 Å². The highest BCUT2D eigenvalue weighted by Gasteiger charge is 2.72. The van der Waals surface area contributed by atoms with Gasteiger partial charge in [0.15, 0.2) is 0 Å². The van der Waals surface area contributed by atoms with Crippen molar-refractivity contribution in [2.75, 3.05) is 6.61 Å². The van der Waals surface area contributed by atoms with Gasteiger partial charge in [-0.3, -0.25) is 0 Å². The third-order valence-corrected chi connectivity index (χ3v) is 2.95. The van der Waals surface area contributed by atoms with Crippen LogP contribution >= 0.6 is 0 Å². The van der Waals surface area contributed by atoms with E-state index >= 15 is 0 Å². The van der Waals surface area contributed by atoms with E-state index in [1.165, 1.54) is 12.1 Å². The van der Waals surface area contributed by atoms with Gasteiger partial charge in [0.2, 0.25) is 0 Å². The fourth-order valence-corrected chi connectivity index (χ4v) is 1.73. The lowest BCUT2D eigenvalue weighted by Crippen LogP contribution is -2.54. The molecular weight excluding hydrogens is 321 g/mol. The monoisotopic (exact) mass is 334 g/mol. The average molecular weight is 334 g/mol. The quantitative estimate of drug-likeness (QED) is 0.812. The van der Waals surface area contributed by atoms with Crippen molar-refractivity contribution >= 4 is 0 Å². The summed E-state index contributed by atoms with van der Waals surface area (Å²) in [5, 5.41) is 9.52. The number of ether oxygens (including phenoxy) is 1. The molecule has 126 valence electrons. The van der Waals surface area contributed by atoms with Crippen LogP contribution < -0.4 is 4.74 Å². The molecule has 1 N–H and O–H groups in total. The zero-order valence-electron chi connectivity index (χ0n) is 11.3. The first-order valence-electron chi connectivity index (χ1n) is 6.15. The molecule has 0 saturated heterocycles. The van der Waals surface area contributed by atoms with Crippen LogP contribution in [-0.2, 0) is 0 Å². The standard InChI is InChI=1S/C13H13F7O2/c1-2-22-9-5-3-8(4-6-9)10(21)7-11(14,12(15,16)17)13(18,19)20/h3-6,10,21H,2,7H2,1H3. The van der Waals surface area contributed by atoms with Gasteiger partial charge >= 0.3 is 18.0 Å². The van der Waals surface area contributed by atoms with E-state index in [-0.39, 0.29) is 5.56 Å². The maximum atomic E-state index is 13.5. The molecule has 1 aromatic rings. The molecule has 0 amide bonds. The Morgan fingerprint density at radius 3 is 1.77 bits per heavy atom. The number of hydrogen-bond acceptors (Lipinski definition) is 2. The summed E-state index contributed by atoms with van der Waals surface area (Å²) in [4.78, 5) is 0. The smallest absolute Gasteiger partial charge is 0.431 e. The van der Waals surface area contributed by atoms with Crippen molar-refractivity contribution in [1.29, 1.82) is 0 Å². The van der Waals surface area contributed by atoms with Gasteiger partial charge in [-0.1, -0.05) is 12.1 Å². The highest BCUT2D eigenvalue weighted by atomic mass is 19.4. The number of rotatable bonds is 5. The van der Waals surface area contributed by atoms with E-state index in [1.54, 1.807) is 6.92 Å². The largest absolute Gasteiger partial charge is 0.494 e. The predicted molar refractivity (Wildman–Crippen MR) is 63.1 cm³/mol. The van der Waals surface area contributed by atoms with Gasteiger partial charge in [-0.25, -0.2) is 4.39 Å². The van der Waals surface area contributed by atoms with Crippen LogP contribution in [-0.4, -0.2) is 29.7 Å². The van der Waals surface area contributed by atoms with E-state index in [1.807, 2.05) is 0 Å². The number of alkyl halides is 7. The van der Waals surface area contributed by atoms with Gasteiger partial charge in [0.25, 0.3) is 0 Å². The highest BCUT2D eigenvalue weighted by Crippen LogP contribution is 2.50. The minimum atomic E-state index is -6.18. The van der Waals surface area contributed by atoms with Crippen LogP contribution in [0, 0.1) is 0 Å². The van der Waals surface area contributed by atoms with Crippen LogP contribution in [0.25, 0.3) is 0 Å². The predicted octanol–water partition coefficient (Wildman–Crippen LogP) is 4.34. The van der Waals surface area contributed by atoms with E-state index < -0.39 is 30.5 Å². The van der Waals surface area contributed by atoms with Crippen LogP contribution in [0.4, 0.5) is 30.7 Å². The second-order valence-corrected chi connectivity index (χ2v) is 4.52. The van der Waals surface area contributed by atoms with Gasteiger partial charge < -0.3 is 9.84 Å². The molecule has 1 rings (SSSR count). The number of benzene rings is 1. The Balaban J connectivity index is 2.99. The summed E-state index contributed by atoms with van der Waals surface area (Å²) in [5.41, 5.74) is -5.77. The first-order valence-corrected chi connectivity index (χ1v) is 6.15. The van der Waals surface area contributed by atoms with E-state index in [0.29, 0.717) is 12.4 Å². The lowest BCUT2D eigenvalue weighted by molar-refractivity contribution is -0.347. The van der Waals surface area contributed by atoms with Crippen molar-refractivity contribution in [2.45, 2.75) is 37.5 Å². The Labute approximate surface area is 121 Å². The molecule has 2 nitrogen and oxygen atoms in total. The Bertz CT molecular complexity index is 465. The lowest BCUT2D eigenvalue weighted by Gasteiger charge is -2.31. The van der Waals surface area contributed by atoms with Crippen LogP contribution in [0.15, 0.2) is 24.3 Å². The summed E-state index contributed by atoms with van der Waals surface area (Å²) in [6.45, 7) is 1.98. The Kier molecular flexibility index (Phi) is 5.32. The molecule has 0 fully saturated rings. The molecule has 1 atom stereocenters. The molecule has 0 heterocycles. The maximum absolute atomic E-state index is 13.5. The molecule has 0 aliphatic carbocycles. The topological polar surface area (TPSA) is 29.5 Å². The van der Waals surface area contributed by atoms with Gasteiger partial charge in [0.05, 0.1) is 12.7 Å². The summed E-state index contributed by atoms with van der Waals surface area (Å²) < 4.78 is 93.0. The molecule has 22 heavy (non-hydrogen) atoms. The van der Waals surface area contributed by atoms with Crippen LogP contribution in [0.2, 0.25) is 0 Å².